The molecule has 1 heterocycles. The van der Waals surface area contributed by atoms with Crippen LogP contribution in [-0.4, -0.2) is 37.7 Å². The Morgan fingerprint density at radius 3 is 2.71 bits per heavy atom. The molecule has 0 aromatic carbocycles. The summed E-state index contributed by atoms with van der Waals surface area (Å²) in [5.41, 5.74) is 0. The van der Waals surface area contributed by atoms with Crippen molar-refractivity contribution in [3.8, 4) is 0 Å². The van der Waals surface area contributed by atoms with Crippen LogP contribution in [0.25, 0.3) is 0 Å². The van der Waals surface area contributed by atoms with Crippen LogP contribution >= 0.6 is 0 Å². The molecule has 4 nitrogen and oxygen atoms in total. The van der Waals surface area contributed by atoms with Crippen molar-refractivity contribution in [2.75, 3.05) is 12.3 Å². The van der Waals surface area contributed by atoms with E-state index in [2.05, 4.69) is 11.8 Å². The molecule has 2 rings (SSSR count). The third kappa shape index (κ3) is 3.42. The Kier molecular flexibility index (Phi) is 4.10. The molecule has 0 radical (unpaired) electrons. The van der Waals surface area contributed by atoms with Crippen molar-refractivity contribution in [1.82, 2.24) is 4.90 Å². The first-order valence-electron chi connectivity index (χ1n) is 6.73. The zero-order valence-corrected chi connectivity index (χ0v) is 11.5. The van der Waals surface area contributed by atoms with Crippen LogP contribution in [0.3, 0.4) is 0 Å². The molecule has 0 amide bonds. The van der Waals surface area contributed by atoms with Crippen LogP contribution < -0.4 is 5.14 Å². The fourth-order valence-corrected chi connectivity index (χ4v) is 4.17. The van der Waals surface area contributed by atoms with Gasteiger partial charge in [-0.05, 0) is 45.1 Å². The highest BCUT2D eigenvalue weighted by Crippen LogP contribution is 2.39. The van der Waals surface area contributed by atoms with Crippen molar-refractivity contribution >= 4 is 10.0 Å². The Morgan fingerprint density at radius 1 is 1.29 bits per heavy atom. The third-order valence-corrected chi connectivity index (χ3v) is 5.21. The van der Waals surface area contributed by atoms with E-state index >= 15 is 0 Å². The predicted molar refractivity (Wildman–Crippen MR) is 69.1 cm³/mol. The lowest BCUT2D eigenvalue weighted by atomic mass is 9.85. The molecule has 1 saturated carbocycles. The molecule has 0 spiro atoms. The highest BCUT2D eigenvalue weighted by Gasteiger charge is 2.39. The quantitative estimate of drug-likeness (QED) is 0.829. The van der Waals surface area contributed by atoms with Gasteiger partial charge in [0.1, 0.15) is 0 Å². The van der Waals surface area contributed by atoms with Gasteiger partial charge in [-0.2, -0.15) is 0 Å². The summed E-state index contributed by atoms with van der Waals surface area (Å²) in [7, 11) is -3.29. The maximum atomic E-state index is 10.9. The van der Waals surface area contributed by atoms with E-state index in [9.17, 15) is 8.42 Å². The molecule has 1 aliphatic carbocycles. The second-order valence-corrected chi connectivity index (χ2v) is 7.39. The van der Waals surface area contributed by atoms with Crippen LogP contribution in [0.2, 0.25) is 0 Å². The normalized spacial score (nSPS) is 34.8. The molecule has 1 saturated heterocycles. The Hall–Kier alpha value is -0.130. The molecule has 2 fully saturated rings. The molecule has 100 valence electrons. The van der Waals surface area contributed by atoms with Crippen molar-refractivity contribution in [1.29, 1.82) is 0 Å². The average molecular weight is 260 g/mol. The van der Waals surface area contributed by atoms with Gasteiger partial charge in [-0.25, -0.2) is 13.6 Å². The molecule has 2 aliphatic rings. The van der Waals surface area contributed by atoms with Gasteiger partial charge < -0.3 is 0 Å². The van der Waals surface area contributed by atoms with E-state index in [4.69, 9.17) is 5.14 Å². The van der Waals surface area contributed by atoms with Crippen LogP contribution in [0.1, 0.15) is 45.4 Å². The van der Waals surface area contributed by atoms with Gasteiger partial charge in [-0.15, -0.1) is 0 Å². The lowest BCUT2D eigenvalue weighted by Crippen LogP contribution is -2.39. The van der Waals surface area contributed by atoms with Crippen LogP contribution in [0.15, 0.2) is 0 Å². The fraction of sp³-hybridized carbons (Fsp3) is 1.00. The number of hydrogen-bond acceptors (Lipinski definition) is 3. The Labute approximate surface area is 105 Å². The summed E-state index contributed by atoms with van der Waals surface area (Å²) in [5.74, 6) is 0.974. The van der Waals surface area contributed by atoms with E-state index in [1.807, 2.05) is 0 Å². The topological polar surface area (TPSA) is 63.4 Å². The third-order valence-electron chi connectivity index (χ3n) is 4.35. The molecule has 2 N–H and O–H groups in total. The lowest BCUT2D eigenvalue weighted by molar-refractivity contribution is 0.157. The number of primary sulfonamides is 1. The van der Waals surface area contributed by atoms with Gasteiger partial charge in [0.25, 0.3) is 0 Å². The number of nitrogens with zero attached hydrogens (tertiary/aromatic N) is 1. The zero-order chi connectivity index (χ0) is 12.5. The van der Waals surface area contributed by atoms with Gasteiger partial charge in [-0.1, -0.05) is 12.8 Å². The second-order valence-electron chi connectivity index (χ2n) is 5.65. The zero-order valence-electron chi connectivity index (χ0n) is 10.6. The lowest BCUT2D eigenvalue weighted by Gasteiger charge is -2.33. The average Bonchev–Trinajstić information content (AvgIpc) is 2.54. The van der Waals surface area contributed by atoms with E-state index in [0.29, 0.717) is 18.5 Å². The van der Waals surface area contributed by atoms with Gasteiger partial charge in [0.05, 0.1) is 5.75 Å². The molecule has 0 unspecified atom stereocenters. The molecular weight excluding hydrogens is 236 g/mol. The Morgan fingerprint density at radius 2 is 2.00 bits per heavy atom. The number of hydrogen-bond donors (Lipinski definition) is 1. The first-order valence-corrected chi connectivity index (χ1v) is 8.45. The van der Waals surface area contributed by atoms with Crippen molar-refractivity contribution in [2.24, 2.45) is 11.1 Å². The monoisotopic (exact) mass is 260 g/mol. The SMILES string of the molecule is C[C@@H]1C[C@H]2CCCC[C@@H]2N1CCCS(N)(=O)=O. The minimum absolute atomic E-state index is 0.119. The van der Waals surface area contributed by atoms with E-state index in [0.717, 1.165) is 12.5 Å². The molecule has 0 bridgehead atoms. The first-order chi connectivity index (χ1) is 7.97. The molecule has 3 atom stereocenters. The standard InChI is InChI=1S/C12H24N2O2S/c1-10-9-11-5-2-3-6-12(11)14(10)7-4-8-17(13,15)16/h10-12H,2-9H2,1H3,(H2,13,15,16)/t10-,11-,12+/m1/s1. The number of rotatable bonds is 4. The molecule has 1 aliphatic heterocycles. The molecule has 17 heavy (non-hydrogen) atoms. The highest BCUT2D eigenvalue weighted by molar-refractivity contribution is 7.89. The van der Waals surface area contributed by atoms with Crippen molar-refractivity contribution in [3.63, 3.8) is 0 Å². The minimum Gasteiger partial charge on any atom is -0.297 e. The first kappa shape index (κ1) is 13.3. The van der Waals surface area contributed by atoms with E-state index in [1.54, 1.807) is 0 Å². The molecule has 0 aromatic heterocycles. The van der Waals surface area contributed by atoms with Crippen LogP contribution in [0, 0.1) is 5.92 Å². The minimum atomic E-state index is -3.29. The number of fused-ring (bicyclic) bond motifs is 1. The smallest absolute Gasteiger partial charge is 0.209 e. The maximum absolute atomic E-state index is 10.9. The number of sulfonamides is 1. The van der Waals surface area contributed by atoms with Crippen molar-refractivity contribution in [3.05, 3.63) is 0 Å². The van der Waals surface area contributed by atoms with E-state index < -0.39 is 10.0 Å². The van der Waals surface area contributed by atoms with Crippen LogP contribution in [0.5, 0.6) is 0 Å². The Balaban J connectivity index is 1.87. The summed E-state index contributed by atoms with van der Waals surface area (Å²) in [5, 5.41) is 5.04. The van der Waals surface area contributed by atoms with Crippen molar-refractivity contribution < 1.29 is 8.42 Å². The largest absolute Gasteiger partial charge is 0.297 e. The maximum Gasteiger partial charge on any atom is 0.209 e. The number of likely N-dealkylation sites (tertiary alicyclic amines) is 1. The van der Waals surface area contributed by atoms with Crippen LogP contribution in [-0.2, 0) is 10.0 Å². The summed E-state index contributed by atoms with van der Waals surface area (Å²) < 4.78 is 21.9. The predicted octanol–water partition coefficient (Wildman–Crippen LogP) is 1.32. The van der Waals surface area contributed by atoms with E-state index in [1.165, 1.54) is 32.1 Å². The van der Waals surface area contributed by atoms with Gasteiger partial charge >= 0.3 is 0 Å². The summed E-state index contributed by atoms with van der Waals surface area (Å²) in [4.78, 5) is 2.52. The summed E-state index contributed by atoms with van der Waals surface area (Å²) in [6.07, 6.45) is 7.33. The van der Waals surface area contributed by atoms with Crippen molar-refractivity contribution in [2.45, 2.75) is 57.5 Å². The highest BCUT2D eigenvalue weighted by atomic mass is 32.2. The molecular formula is C12H24N2O2S. The van der Waals surface area contributed by atoms with Gasteiger partial charge in [0, 0.05) is 12.1 Å². The summed E-state index contributed by atoms with van der Waals surface area (Å²) >= 11 is 0. The Bertz CT molecular complexity index is 356. The van der Waals surface area contributed by atoms with Crippen LogP contribution in [0.4, 0.5) is 0 Å². The van der Waals surface area contributed by atoms with Gasteiger partial charge in [0.2, 0.25) is 10.0 Å². The van der Waals surface area contributed by atoms with Gasteiger partial charge in [-0.3, -0.25) is 4.90 Å². The molecule has 0 aromatic rings. The second kappa shape index (κ2) is 5.24. The van der Waals surface area contributed by atoms with Gasteiger partial charge in [0.15, 0.2) is 0 Å². The molecule has 5 heteroatoms. The van der Waals surface area contributed by atoms with E-state index in [-0.39, 0.29) is 5.75 Å². The fourth-order valence-electron chi connectivity index (χ4n) is 3.63. The summed E-state index contributed by atoms with van der Waals surface area (Å²) in [6, 6.07) is 1.32. The number of nitrogens with two attached hydrogens (primary N) is 1. The summed E-state index contributed by atoms with van der Waals surface area (Å²) in [6.45, 7) is 3.16.